The summed E-state index contributed by atoms with van der Waals surface area (Å²) in [7, 11) is 0. The third-order valence-corrected chi connectivity index (χ3v) is 8.31. The fourth-order valence-corrected chi connectivity index (χ4v) is 5.96. The first-order valence-corrected chi connectivity index (χ1v) is 15.8. The van der Waals surface area contributed by atoms with E-state index in [2.05, 4.69) is 25.1 Å². The molecule has 3 amide bonds. The summed E-state index contributed by atoms with van der Waals surface area (Å²) in [6.07, 6.45) is -8.03. The van der Waals surface area contributed by atoms with E-state index in [1.807, 2.05) is 0 Å². The first-order chi connectivity index (χ1) is 24.1. The lowest BCUT2D eigenvalue weighted by atomic mass is 9.99. The van der Waals surface area contributed by atoms with Gasteiger partial charge in [-0.05, 0) is 84.6 Å². The maximum absolute atomic E-state index is 15.2. The van der Waals surface area contributed by atoms with Crippen LogP contribution in [-0.4, -0.2) is 44.0 Å². The molecule has 0 aliphatic carbocycles. The number of carbonyl (C=O) groups is 2. The number of rotatable bonds is 7. The van der Waals surface area contributed by atoms with Crippen LogP contribution in [0.5, 0.6) is 5.75 Å². The van der Waals surface area contributed by atoms with E-state index in [1.165, 1.54) is 46.2 Å². The van der Waals surface area contributed by atoms with Crippen LogP contribution in [0, 0.1) is 12.7 Å². The molecular weight excluding hydrogens is 705 g/mol. The molecule has 4 aromatic carbocycles. The van der Waals surface area contributed by atoms with E-state index in [-0.39, 0.29) is 34.4 Å². The first kappa shape index (κ1) is 35.1. The number of alkyl halides is 6. The summed E-state index contributed by atoms with van der Waals surface area (Å²) in [5, 5.41) is 6.57. The Labute approximate surface area is 288 Å². The number of nitrogens with zero attached hydrogens (tertiary/aromatic N) is 5. The minimum absolute atomic E-state index is 0.00170. The fraction of sp³-hybridized carbons (Fsp3) is 0.147. The number of urea groups is 1. The molecule has 0 saturated carbocycles. The Balaban J connectivity index is 1.18. The lowest BCUT2D eigenvalue weighted by Gasteiger charge is -2.21. The van der Waals surface area contributed by atoms with Gasteiger partial charge < -0.3 is 10.1 Å². The van der Waals surface area contributed by atoms with Gasteiger partial charge in [-0.3, -0.25) is 9.69 Å². The van der Waals surface area contributed by atoms with Gasteiger partial charge in [0.2, 0.25) is 5.91 Å². The Bertz CT molecular complexity index is 2150. The second-order valence-electron chi connectivity index (χ2n) is 11.1. The number of carbonyl (C=O) groups excluding carboxylic acids is 2. The van der Waals surface area contributed by atoms with Gasteiger partial charge in [0.05, 0.1) is 28.4 Å². The maximum Gasteiger partial charge on any atom is 0.573 e. The van der Waals surface area contributed by atoms with Crippen LogP contribution >= 0.6 is 11.8 Å². The maximum atomic E-state index is 15.2. The second kappa shape index (κ2) is 13.9. The zero-order valence-electron chi connectivity index (χ0n) is 26.1. The van der Waals surface area contributed by atoms with Crippen molar-refractivity contribution in [3.05, 3.63) is 119 Å². The van der Waals surface area contributed by atoms with E-state index in [0.717, 1.165) is 47.7 Å². The largest absolute Gasteiger partial charge is 0.573 e. The molecule has 262 valence electrons. The number of ether oxygens (including phenoxy) is 1. The van der Waals surface area contributed by atoms with Crippen molar-refractivity contribution >= 4 is 40.2 Å². The number of aryl methyl sites for hydroxylation is 1. The number of hydrogen-bond acceptors (Lipinski definition) is 6. The van der Waals surface area contributed by atoms with Crippen LogP contribution in [0.3, 0.4) is 0 Å². The van der Waals surface area contributed by atoms with Crippen LogP contribution in [0.15, 0.2) is 96.2 Å². The third-order valence-electron chi connectivity index (χ3n) is 7.39. The Morgan fingerprint density at radius 1 is 0.980 bits per heavy atom. The molecular formula is C34H23F7N6O3S. The van der Waals surface area contributed by atoms with Crippen molar-refractivity contribution in [1.82, 2.24) is 14.8 Å². The molecule has 0 atom stereocenters. The highest BCUT2D eigenvalue weighted by atomic mass is 32.2. The van der Waals surface area contributed by atoms with Crippen molar-refractivity contribution in [3.8, 4) is 22.8 Å². The molecule has 6 rings (SSSR count). The molecule has 0 spiro atoms. The van der Waals surface area contributed by atoms with E-state index in [1.54, 1.807) is 31.2 Å². The number of aliphatic imine (C=N–C) groups is 1. The number of hydrogen-bond donors (Lipinski definition) is 1. The van der Waals surface area contributed by atoms with Crippen LogP contribution in [-0.2, 0) is 17.4 Å². The lowest BCUT2D eigenvalue weighted by molar-refractivity contribution is -0.274. The van der Waals surface area contributed by atoms with Crippen molar-refractivity contribution in [2.75, 3.05) is 16.0 Å². The summed E-state index contributed by atoms with van der Waals surface area (Å²) in [6, 6.07) is 17.6. The third kappa shape index (κ3) is 8.37. The summed E-state index contributed by atoms with van der Waals surface area (Å²) in [5.41, 5.74) is 1.52. The SMILES string of the molecule is Cc1ccc(Cc2cccc(C(F)(F)F)c2)c(N2C(=O)CS/C2=N\C(=O)Nc2ccc(-c3ncn(-c4ccc(OC(F)(F)F)cc4)n3)cc2F)c1. The number of benzene rings is 4. The standard InChI is InChI=1S/C34H23F7N6O3S/c1-19-5-6-21(14-20-3-2-4-23(15-20)33(36,37)38)28(13-19)47-29(48)17-51-32(47)44-31(49)43-27-12-7-22(16-26(27)35)30-42-18-46(45-30)24-8-10-25(11-9-24)50-34(39,40)41/h2-13,15-16,18H,14,17H2,1H3,(H,43,49)/b44-32-. The molecule has 17 heteroatoms. The molecule has 2 heterocycles. The average molecular weight is 729 g/mol. The lowest BCUT2D eigenvalue weighted by Crippen LogP contribution is -2.31. The van der Waals surface area contributed by atoms with Crippen molar-refractivity contribution in [1.29, 1.82) is 0 Å². The van der Waals surface area contributed by atoms with Gasteiger partial charge in [-0.15, -0.1) is 18.3 Å². The quantitative estimate of drug-likeness (QED) is 0.169. The van der Waals surface area contributed by atoms with Crippen LogP contribution < -0.4 is 15.0 Å². The molecule has 1 aliphatic heterocycles. The number of amides is 3. The normalized spacial score (nSPS) is 14.3. The highest BCUT2D eigenvalue weighted by Crippen LogP contribution is 2.34. The van der Waals surface area contributed by atoms with Crippen LogP contribution in [0.4, 0.5) is 46.9 Å². The molecule has 1 N–H and O–H groups in total. The monoisotopic (exact) mass is 728 g/mol. The number of amidine groups is 1. The van der Waals surface area contributed by atoms with Gasteiger partial charge in [0.1, 0.15) is 17.9 Å². The summed E-state index contributed by atoms with van der Waals surface area (Å²) in [4.78, 5) is 35.4. The van der Waals surface area contributed by atoms with Crippen molar-refractivity contribution in [2.45, 2.75) is 25.9 Å². The molecule has 51 heavy (non-hydrogen) atoms. The second-order valence-corrected chi connectivity index (χ2v) is 12.0. The van der Waals surface area contributed by atoms with Gasteiger partial charge in [-0.1, -0.05) is 42.1 Å². The Kier molecular flexibility index (Phi) is 9.57. The number of anilines is 2. The zero-order valence-corrected chi connectivity index (χ0v) is 26.9. The minimum Gasteiger partial charge on any atom is -0.406 e. The molecule has 1 fully saturated rings. The highest BCUT2D eigenvalue weighted by Gasteiger charge is 2.34. The summed E-state index contributed by atoms with van der Waals surface area (Å²) < 4.78 is 97.6. The van der Waals surface area contributed by atoms with Gasteiger partial charge in [0.25, 0.3) is 0 Å². The molecule has 0 unspecified atom stereocenters. The van der Waals surface area contributed by atoms with Crippen molar-refractivity contribution in [2.24, 2.45) is 4.99 Å². The predicted octanol–water partition coefficient (Wildman–Crippen LogP) is 8.56. The summed E-state index contributed by atoms with van der Waals surface area (Å²) >= 11 is 0.974. The van der Waals surface area contributed by atoms with E-state index in [9.17, 15) is 35.9 Å². The number of nitrogens with one attached hydrogen (secondary N) is 1. The molecule has 5 aromatic rings. The molecule has 9 nitrogen and oxygen atoms in total. The van der Waals surface area contributed by atoms with E-state index >= 15 is 4.39 Å². The number of halogens is 7. The topological polar surface area (TPSA) is 102 Å². The molecule has 1 aromatic heterocycles. The first-order valence-electron chi connectivity index (χ1n) is 14.8. The van der Waals surface area contributed by atoms with Gasteiger partial charge in [-0.25, -0.2) is 18.9 Å². The number of aromatic nitrogens is 3. The Morgan fingerprint density at radius 3 is 2.45 bits per heavy atom. The predicted molar refractivity (Wildman–Crippen MR) is 175 cm³/mol. The summed E-state index contributed by atoms with van der Waals surface area (Å²) in [5.74, 6) is -1.66. The average Bonchev–Trinajstić information content (AvgIpc) is 3.69. The fourth-order valence-electron chi connectivity index (χ4n) is 5.10. The smallest absolute Gasteiger partial charge is 0.406 e. The summed E-state index contributed by atoms with van der Waals surface area (Å²) in [6.45, 7) is 1.77. The van der Waals surface area contributed by atoms with E-state index in [0.29, 0.717) is 22.5 Å². The molecule has 0 radical (unpaired) electrons. The van der Waals surface area contributed by atoms with Crippen LogP contribution in [0.2, 0.25) is 0 Å². The van der Waals surface area contributed by atoms with Gasteiger partial charge in [0, 0.05) is 5.56 Å². The molecule has 1 aliphatic rings. The highest BCUT2D eigenvalue weighted by molar-refractivity contribution is 8.15. The zero-order chi connectivity index (χ0) is 36.5. The van der Waals surface area contributed by atoms with Crippen LogP contribution in [0.25, 0.3) is 17.1 Å². The van der Waals surface area contributed by atoms with Crippen LogP contribution in [0.1, 0.15) is 22.3 Å². The van der Waals surface area contributed by atoms with E-state index in [4.69, 9.17) is 0 Å². The van der Waals surface area contributed by atoms with Crippen molar-refractivity contribution in [3.63, 3.8) is 0 Å². The van der Waals surface area contributed by atoms with Gasteiger partial charge >= 0.3 is 18.6 Å². The Morgan fingerprint density at radius 2 is 1.75 bits per heavy atom. The Hall–Kier alpha value is -5.71. The minimum atomic E-state index is -4.84. The number of thioether (sulfide) groups is 1. The van der Waals surface area contributed by atoms with E-state index < -0.39 is 41.6 Å². The molecule has 1 saturated heterocycles. The van der Waals surface area contributed by atoms with Gasteiger partial charge in [0.15, 0.2) is 11.0 Å². The van der Waals surface area contributed by atoms with Gasteiger partial charge in [-0.2, -0.15) is 18.2 Å². The van der Waals surface area contributed by atoms with Crippen molar-refractivity contribution < 1.29 is 45.1 Å². The molecule has 0 bridgehead atoms.